The SMILES string of the molecule is Cc1ccc2nnc(C3CCN(C(C)C)C3)n2c1. The van der Waals surface area contributed by atoms with Crippen molar-refractivity contribution in [3.63, 3.8) is 0 Å². The van der Waals surface area contributed by atoms with Crippen LogP contribution in [0.4, 0.5) is 0 Å². The molecule has 0 amide bonds. The number of hydrogen-bond acceptors (Lipinski definition) is 3. The van der Waals surface area contributed by atoms with E-state index in [1.807, 2.05) is 6.07 Å². The summed E-state index contributed by atoms with van der Waals surface area (Å²) in [6, 6.07) is 4.75. The molecule has 0 radical (unpaired) electrons. The summed E-state index contributed by atoms with van der Waals surface area (Å²) >= 11 is 0. The molecule has 0 bridgehead atoms. The number of pyridine rings is 1. The van der Waals surface area contributed by atoms with E-state index in [2.05, 4.69) is 52.5 Å². The molecule has 96 valence electrons. The van der Waals surface area contributed by atoms with Gasteiger partial charge in [0.25, 0.3) is 0 Å². The van der Waals surface area contributed by atoms with Gasteiger partial charge in [0.15, 0.2) is 5.65 Å². The molecule has 1 fully saturated rings. The van der Waals surface area contributed by atoms with Crippen molar-refractivity contribution in [3.8, 4) is 0 Å². The van der Waals surface area contributed by atoms with Crippen molar-refractivity contribution in [3.05, 3.63) is 29.7 Å². The number of fused-ring (bicyclic) bond motifs is 1. The van der Waals surface area contributed by atoms with Gasteiger partial charge in [-0.05, 0) is 45.4 Å². The van der Waals surface area contributed by atoms with Gasteiger partial charge in [-0.1, -0.05) is 6.07 Å². The molecule has 4 nitrogen and oxygen atoms in total. The summed E-state index contributed by atoms with van der Waals surface area (Å²) in [4.78, 5) is 2.52. The van der Waals surface area contributed by atoms with Crippen molar-refractivity contribution in [2.24, 2.45) is 0 Å². The van der Waals surface area contributed by atoms with E-state index in [9.17, 15) is 0 Å². The Morgan fingerprint density at radius 2 is 2.11 bits per heavy atom. The smallest absolute Gasteiger partial charge is 0.160 e. The molecule has 3 heterocycles. The molecule has 1 saturated heterocycles. The monoisotopic (exact) mass is 244 g/mol. The quantitative estimate of drug-likeness (QED) is 0.812. The minimum Gasteiger partial charge on any atom is -0.300 e. The van der Waals surface area contributed by atoms with E-state index in [1.165, 1.54) is 18.5 Å². The van der Waals surface area contributed by atoms with Gasteiger partial charge in [-0.3, -0.25) is 4.40 Å². The fourth-order valence-electron chi connectivity index (χ4n) is 2.76. The van der Waals surface area contributed by atoms with Crippen LogP contribution in [0.2, 0.25) is 0 Å². The van der Waals surface area contributed by atoms with Gasteiger partial charge in [0, 0.05) is 24.7 Å². The number of likely N-dealkylation sites (tertiary alicyclic amines) is 1. The van der Waals surface area contributed by atoms with E-state index in [0.717, 1.165) is 18.0 Å². The number of rotatable bonds is 2. The minimum atomic E-state index is 0.518. The lowest BCUT2D eigenvalue weighted by atomic mass is 10.1. The van der Waals surface area contributed by atoms with Gasteiger partial charge in [0.1, 0.15) is 5.82 Å². The van der Waals surface area contributed by atoms with Crippen molar-refractivity contribution in [1.82, 2.24) is 19.5 Å². The van der Waals surface area contributed by atoms with Crippen LogP contribution in [-0.2, 0) is 0 Å². The number of aromatic nitrogens is 3. The van der Waals surface area contributed by atoms with Gasteiger partial charge in [0.2, 0.25) is 0 Å². The van der Waals surface area contributed by atoms with Crippen molar-refractivity contribution >= 4 is 5.65 Å². The zero-order chi connectivity index (χ0) is 12.7. The molecule has 0 saturated carbocycles. The molecule has 1 atom stereocenters. The Morgan fingerprint density at radius 3 is 2.83 bits per heavy atom. The Bertz CT molecular complexity index is 558. The summed E-state index contributed by atoms with van der Waals surface area (Å²) in [5.74, 6) is 1.64. The summed E-state index contributed by atoms with van der Waals surface area (Å²) in [7, 11) is 0. The van der Waals surface area contributed by atoms with E-state index >= 15 is 0 Å². The highest BCUT2D eigenvalue weighted by Crippen LogP contribution is 2.27. The molecule has 4 heteroatoms. The number of nitrogens with zero attached hydrogens (tertiary/aromatic N) is 4. The molecule has 1 aliphatic heterocycles. The molecule has 0 aliphatic carbocycles. The number of aryl methyl sites for hydroxylation is 1. The Morgan fingerprint density at radius 1 is 1.28 bits per heavy atom. The van der Waals surface area contributed by atoms with E-state index < -0.39 is 0 Å². The van der Waals surface area contributed by atoms with Crippen molar-refractivity contribution < 1.29 is 0 Å². The molecule has 2 aromatic rings. The Labute approximate surface area is 108 Å². The zero-order valence-electron chi connectivity index (χ0n) is 11.3. The lowest BCUT2D eigenvalue weighted by Gasteiger charge is -2.19. The normalized spacial score (nSPS) is 21.2. The van der Waals surface area contributed by atoms with Gasteiger partial charge in [-0.25, -0.2) is 0 Å². The van der Waals surface area contributed by atoms with Crippen LogP contribution in [0.5, 0.6) is 0 Å². The van der Waals surface area contributed by atoms with Gasteiger partial charge in [-0.15, -0.1) is 10.2 Å². The van der Waals surface area contributed by atoms with Crippen LogP contribution >= 0.6 is 0 Å². The molecular weight excluding hydrogens is 224 g/mol. The Hall–Kier alpha value is -1.42. The third kappa shape index (κ3) is 1.90. The maximum Gasteiger partial charge on any atom is 0.160 e. The highest BCUT2D eigenvalue weighted by molar-refractivity contribution is 5.39. The first-order valence-corrected chi connectivity index (χ1v) is 6.70. The van der Waals surface area contributed by atoms with Crippen LogP contribution in [-0.4, -0.2) is 38.6 Å². The molecule has 1 aliphatic rings. The molecular formula is C14H20N4. The second-order valence-electron chi connectivity index (χ2n) is 5.57. The van der Waals surface area contributed by atoms with E-state index in [0.29, 0.717) is 12.0 Å². The maximum absolute atomic E-state index is 4.40. The maximum atomic E-state index is 4.40. The Balaban J connectivity index is 1.93. The topological polar surface area (TPSA) is 33.4 Å². The van der Waals surface area contributed by atoms with E-state index in [4.69, 9.17) is 0 Å². The first-order chi connectivity index (χ1) is 8.65. The third-order valence-corrected chi connectivity index (χ3v) is 3.89. The van der Waals surface area contributed by atoms with Gasteiger partial charge in [-0.2, -0.15) is 0 Å². The third-order valence-electron chi connectivity index (χ3n) is 3.89. The highest BCUT2D eigenvalue weighted by atomic mass is 15.3. The largest absolute Gasteiger partial charge is 0.300 e. The van der Waals surface area contributed by atoms with E-state index in [1.54, 1.807) is 0 Å². The van der Waals surface area contributed by atoms with Gasteiger partial charge < -0.3 is 4.90 Å². The van der Waals surface area contributed by atoms with Crippen molar-refractivity contribution in [2.75, 3.05) is 13.1 Å². The fraction of sp³-hybridized carbons (Fsp3) is 0.571. The van der Waals surface area contributed by atoms with Crippen LogP contribution in [0.15, 0.2) is 18.3 Å². The summed E-state index contributed by atoms with van der Waals surface area (Å²) in [5, 5.41) is 8.67. The first kappa shape index (κ1) is 11.7. The molecule has 2 aromatic heterocycles. The zero-order valence-corrected chi connectivity index (χ0v) is 11.3. The van der Waals surface area contributed by atoms with Crippen LogP contribution < -0.4 is 0 Å². The Kier molecular flexibility index (Phi) is 2.82. The summed E-state index contributed by atoms with van der Waals surface area (Å²) in [5.41, 5.74) is 2.21. The van der Waals surface area contributed by atoms with Gasteiger partial charge in [0.05, 0.1) is 0 Å². The molecule has 1 unspecified atom stereocenters. The standard InChI is InChI=1S/C14H20N4/c1-10(2)17-7-6-12(9-17)14-16-15-13-5-4-11(3)8-18(13)14/h4-5,8,10,12H,6-7,9H2,1-3H3. The summed E-state index contributed by atoms with van der Waals surface area (Å²) in [6.45, 7) is 8.90. The van der Waals surface area contributed by atoms with Gasteiger partial charge >= 0.3 is 0 Å². The van der Waals surface area contributed by atoms with Crippen molar-refractivity contribution in [2.45, 2.75) is 39.2 Å². The predicted octanol–water partition coefficient (Wildman–Crippen LogP) is 2.24. The minimum absolute atomic E-state index is 0.518. The highest BCUT2D eigenvalue weighted by Gasteiger charge is 2.28. The fourth-order valence-corrected chi connectivity index (χ4v) is 2.76. The molecule has 3 rings (SSSR count). The second-order valence-corrected chi connectivity index (χ2v) is 5.57. The molecule has 18 heavy (non-hydrogen) atoms. The molecule has 0 aromatic carbocycles. The van der Waals surface area contributed by atoms with Crippen LogP contribution in [0.25, 0.3) is 5.65 Å². The first-order valence-electron chi connectivity index (χ1n) is 6.70. The average Bonchev–Trinajstić information content (AvgIpc) is 2.93. The van der Waals surface area contributed by atoms with Crippen molar-refractivity contribution in [1.29, 1.82) is 0 Å². The van der Waals surface area contributed by atoms with E-state index in [-0.39, 0.29) is 0 Å². The number of hydrogen-bond donors (Lipinski definition) is 0. The second kappa shape index (κ2) is 4.35. The molecule has 0 spiro atoms. The summed E-state index contributed by atoms with van der Waals surface area (Å²) < 4.78 is 2.16. The average molecular weight is 244 g/mol. The molecule has 0 N–H and O–H groups in total. The summed E-state index contributed by atoms with van der Waals surface area (Å²) in [6.07, 6.45) is 3.33. The van der Waals surface area contributed by atoms with Crippen LogP contribution in [0.1, 0.15) is 37.6 Å². The van der Waals surface area contributed by atoms with Crippen LogP contribution in [0.3, 0.4) is 0 Å². The van der Waals surface area contributed by atoms with Crippen LogP contribution in [0, 0.1) is 6.92 Å². The predicted molar refractivity (Wildman–Crippen MR) is 71.8 cm³/mol. The lowest BCUT2D eigenvalue weighted by molar-refractivity contribution is 0.271. The lowest BCUT2D eigenvalue weighted by Crippen LogP contribution is -2.28.